The highest BCUT2D eigenvalue weighted by atomic mass is 16.5. The summed E-state index contributed by atoms with van der Waals surface area (Å²) in [6.07, 6.45) is 2.64. The number of nitrogens with zero attached hydrogens (tertiary/aromatic N) is 2. The predicted molar refractivity (Wildman–Crippen MR) is 86.0 cm³/mol. The van der Waals surface area contributed by atoms with Crippen LogP contribution in [-0.2, 0) is 0 Å². The zero-order valence-corrected chi connectivity index (χ0v) is 12.6. The van der Waals surface area contributed by atoms with E-state index >= 15 is 0 Å². The summed E-state index contributed by atoms with van der Waals surface area (Å²) in [6, 6.07) is 9.79. The van der Waals surface area contributed by atoms with Gasteiger partial charge < -0.3 is 15.4 Å². The molecule has 0 fully saturated rings. The van der Waals surface area contributed by atoms with Crippen molar-refractivity contribution < 1.29 is 4.74 Å². The molecule has 0 aliphatic rings. The Bertz CT molecular complexity index is 545. The first-order valence-corrected chi connectivity index (χ1v) is 7.28. The number of ether oxygens (including phenoxy) is 1. The Morgan fingerprint density at radius 1 is 1.00 bits per heavy atom. The van der Waals surface area contributed by atoms with Crippen LogP contribution in [0, 0.1) is 6.92 Å². The van der Waals surface area contributed by atoms with Gasteiger partial charge in [-0.05, 0) is 25.5 Å². The molecular formula is C16H22N4O. The second-order valence-electron chi connectivity index (χ2n) is 4.71. The molecule has 2 N–H and O–H groups in total. The molecule has 0 bridgehead atoms. The number of benzene rings is 1. The zero-order chi connectivity index (χ0) is 14.9. The molecule has 2 aromatic rings. The van der Waals surface area contributed by atoms with Crippen LogP contribution < -0.4 is 15.4 Å². The molecule has 0 unspecified atom stereocenters. The third-order valence-electron chi connectivity index (χ3n) is 3.03. The van der Waals surface area contributed by atoms with Gasteiger partial charge in [-0.15, -0.1) is 0 Å². The third kappa shape index (κ3) is 4.63. The summed E-state index contributed by atoms with van der Waals surface area (Å²) in [5, 5.41) is 6.58. The van der Waals surface area contributed by atoms with Gasteiger partial charge in [-0.25, -0.2) is 9.97 Å². The van der Waals surface area contributed by atoms with Gasteiger partial charge >= 0.3 is 0 Å². The minimum absolute atomic E-state index is 0.588. The second-order valence-corrected chi connectivity index (χ2v) is 4.71. The lowest BCUT2D eigenvalue weighted by atomic mass is 10.3. The van der Waals surface area contributed by atoms with E-state index in [9.17, 15) is 0 Å². The Kier molecular flexibility index (Phi) is 5.82. The van der Waals surface area contributed by atoms with Gasteiger partial charge in [0.1, 0.15) is 30.3 Å². The van der Waals surface area contributed by atoms with Gasteiger partial charge in [0.15, 0.2) is 0 Å². The fourth-order valence-corrected chi connectivity index (χ4v) is 1.91. The van der Waals surface area contributed by atoms with Gasteiger partial charge in [0, 0.05) is 12.1 Å². The van der Waals surface area contributed by atoms with Crippen LogP contribution in [0.5, 0.6) is 5.75 Å². The average Bonchev–Trinajstić information content (AvgIpc) is 2.53. The summed E-state index contributed by atoms with van der Waals surface area (Å²) in [4.78, 5) is 8.53. The monoisotopic (exact) mass is 286 g/mol. The summed E-state index contributed by atoms with van der Waals surface area (Å²) in [7, 11) is 0. The highest BCUT2D eigenvalue weighted by molar-refractivity contribution is 5.56. The Labute approximate surface area is 125 Å². The second kappa shape index (κ2) is 8.09. The van der Waals surface area contributed by atoms with Crippen molar-refractivity contribution in [3.63, 3.8) is 0 Å². The zero-order valence-electron chi connectivity index (χ0n) is 12.6. The van der Waals surface area contributed by atoms with Gasteiger partial charge in [0.2, 0.25) is 0 Å². The normalized spacial score (nSPS) is 10.2. The van der Waals surface area contributed by atoms with Crippen LogP contribution >= 0.6 is 0 Å². The molecule has 5 nitrogen and oxygen atoms in total. The number of aromatic nitrogens is 2. The van der Waals surface area contributed by atoms with Gasteiger partial charge in [-0.3, -0.25) is 0 Å². The molecule has 112 valence electrons. The van der Waals surface area contributed by atoms with Gasteiger partial charge in [0.25, 0.3) is 0 Å². The molecule has 0 aliphatic carbocycles. The fourth-order valence-electron chi connectivity index (χ4n) is 1.91. The lowest BCUT2D eigenvalue weighted by Crippen LogP contribution is -2.14. The summed E-state index contributed by atoms with van der Waals surface area (Å²) in [5.74, 6) is 2.61. The maximum absolute atomic E-state index is 5.64. The van der Waals surface area contributed by atoms with Crippen molar-refractivity contribution in [2.24, 2.45) is 0 Å². The number of rotatable bonds is 8. The fraction of sp³-hybridized carbons (Fsp3) is 0.375. The van der Waals surface area contributed by atoms with Crippen LogP contribution in [0.15, 0.2) is 36.7 Å². The molecule has 0 atom stereocenters. The van der Waals surface area contributed by atoms with Crippen molar-refractivity contribution in [1.82, 2.24) is 9.97 Å². The first-order valence-electron chi connectivity index (χ1n) is 7.28. The predicted octanol–water partition coefficient (Wildman–Crippen LogP) is 3.10. The molecule has 0 amide bonds. The minimum Gasteiger partial charge on any atom is -0.492 e. The van der Waals surface area contributed by atoms with Crippen molar-refractivity contribution in [2.45, 2.75) is 20.3 Å². The van der Waals surface area contributed by atoms with E-state index in [4.69, 9.17) is 4.74 Å². The van der Waals surface area contributed by atoms with Crippen LogP contribution in [0.4, 0.5) is 11.6 Å². The maximum Gasteiger partial charge on any atom is 0.134 e. The SMILES string of the molecule is CCCNc1ncnc(NCCOc2ccccc2)c1C. The van der Waals surface area contributed by atoms with Crippen LogP contribution in [-0.4, -0.2) is 29.7 Å². The van der Waals surface area contributed by atoms with Crippen molar-refractivity contribution in [2.75, 3.05) is 30.3 Å². The lowest BCUT2D eigenvalue weighted by Gasteiger charge is -2.12. The summed E-state index contributed by atoms with van der Waals surface area (Å²) >= 11 is 0. The summed E-state index contributed by atoms with van der Waals surface area (Å²) < 4.78 is 5.64. The van der Waals surface area contributed by atoms with E-state index in [0.29, 0.717) is 13.2 Å². The smallest absolute Gasteiger partial charge is 0.134 e. The van der Waals surface area contributed by atoms with Crippen LogP contribution in [0.25, 0.3) is 0 Å². The highest BCUT2D eigenvalue weighted by Gasteiger charge is 2.05. The van der Waals surface area contributed by atoms with Crippen LogP contribution in [0.3, 0.4) is 0 Å². The van der Waals surface area contributed by atoms with E-state index in [1.807, 2.05) is 37.3 Å². The molecule has 1 aromatic heterocycles. The topological polar surface area (TPSA) is 59.1 Å². The molecule has 2 rings (SSSR count). The Hall–Kier alpha value is -2.30. The highest BCUT2D eigenvalue weighted by Crippen LogP contribution is 2.17. The van der Waals surface area contributed by atoms with E-state index in [1.54, 1.807) is 6.33 Å². The van der Waals surface area contributed by atoms with Crippen molar-refractivity contribution in [3.05, 3.63) is 42.2 Å². The molecule has 0 spiro atoms. The first-order chi connectivity index (χ1) is 10.3. The number of hydrogen-bond acceptors (Lipinski definition) is 5. The lowest BCUT2D eigenvalue weighted by molar-refractivity contribution is 0.332. The van der Waals surface area contributed by atoms with E-state index in [0.717, 1.165) is 35.9 Å². The number of hydrogen-bond donors (Lipinski definition) is 2. The number of anilines is 2. The minimum atomic E-state index is 0.588. The number of para-hydroxylation sites is 1. The van der Waals surface area contributed by atoms with Crippen molar-refractivity contribution >= 4 is 11.6 Å². The van der Waals surface area contributed by atoms with Crippen molar-refractivity contribution in [3.8, 4) is 5.75 Å². The Balaban J connectivity index is 1.83. The van der Waals surface area contributed by atoms with Gasteiger partial charge in [-0.1, -0.05) is 25.1 Å². The molecule has 0 radical (unpaired) electrons. The quantitative estimate of drug-likeness (QED) is 0.730. The third-order valence-corrected chi connectivity index (χ3v) is 3.03. The van der Waals surface area contributed by atoms with Gasteiger partial charge in [0.05, 0.1) is 6.54 Å². The van der Waals surface area contributed by atoms with Crippen molar-refractivity contribution in [1.29, 1.82) is 0 Å². The number of nitrogens with one attached hydrogen (secondary N) is 2. The van der Waals surface area contributed by atoms with Crippen LogP contribution in [0.1, 0.15) is 18.9 Å². The van der Waals surface area contributed by atoms with E-state index in [2.05, 4.69) is 27.5 Å². The molecule has 0 aliphatic heterocycles. The summed E-state index contributed by atoms with van der Waals surface area (Å²) in [5.41, 5.74) is 1.03. The Morgan fingerprint density at radius 2 is 1.67 bits per heavy atom. The molecule has 0 saturated heterocycles. The van der Waals surface area contributed by atoms with Crippen LogP contribution in [0.2, 0.25) is 0 Å². The van der Waals surface area contributed by atoms with E-state index < -0.39 is 0 Å². The van der Waals surface area contributed by atoms with E-state index in [1.165, 1.54) is 0 Å². The summed E-state index contributed by atoms with van der Waals surface area (Å²) in [6.45, 7) is 6.33. The first kappa shape index (κ1) is 15.1. The molecule has 1 aromatic carbocycles. The van der Waals surface area contributed by atoms with Gasteiger partial charge in [-0.2, -0.15) is 0 Å². The average molecular weight is 286 g/mol. The molecule has 5 heteroatoms. The Morgan fingerprint density at radius 3 is 2.33 bits per heavy atom. The molecule has 21 heavy (non-hydrogen) atoms. The molecule has 0 saturated carbocycles. The largest absolute Gasteiger partial charge is 0.492 e. The maximum atomic E-state index is 5.64. The molecule has 1 heterocycles. The molecular weight excluding hydrogens is 264 g/mol. The van der Waals surface area contributed by atoms with E-state index in [-0.39, 0.29) is 0 Å². The standard InChI is InChI=1S/C16H22N4O/c1-3-9-17-15-13(2)16(20-12-19-15)18-10-11-21-14-7-5-4-6-8-14/h4-8,12H,3,9-11H2,1-2H3,(H2,17,18,19,20).